The molecule has 0 saturated carbocycles. The minimum Gasteiger partial charge on any atom is -0.322 e. The molecule has 0 bridgehead atoms. The summed E-state index contributed by atoms with van der Waals surface area (Å²) in [6, 6.07) is 20.2. The molecule has 1 fully saturated rings. The molecule has 0 spiro atoms. The number of benzene rings is 2. The van der Waals surface area contributed by atoms with Gasteiger partial charge in [-0.05, 0) is 55.3 Å². The number of pyridine rings is 1. The van der Waals surface area contributed by atoms with Crippen molar-refractivity contribution in [3.05, 3.63) is 83.8 Å². The first-order chi connectivity index (χ1) is 16.1. The second-order valence-electron chi connectivity index (χ2n) is 8.56. The topological polar surface area (TPSA) is 66.3 Å². The van der Waals surface area contributed by atoms with E-state index in [-0.39, 0.29) is 6.03 Å². The molecule has 0 aliphatic carbocycles. The number of aryl methyl sites for hydroxylation is 2. The van der Waals surface area contributed by atoms with Crippen molar-refractivity contribution in [2.45, 2.75) is 20.4 Å². The number of amides is 2. The molecule has 1 aliphatic heterocycles. The Morgan fingerprint density at radius 3 is 2.58 bits per heavy atom. The molecule has 2 aromatic carbocycles. The molecule has 0 radical (unpaired) electrons. The van der Waals surface area contributed by atoms with Gasteiger partial charge in [-0.15, -0.1) is 0 Å². The predicted molar refractivity (Wildman–Crippen MR) is 131 cm³/mol. The molecule has 1 aliphatic rings. The van der Waals surface area contributed by atoms with Crippen LogP contribution >= 0.6 is 0 Å². The number of carbonyl (C=O) groups is 1. The average Bonchev–Trinajstić information content (AvgIpc) is 3.19. The van der Waals surface area contributed by atoms with Gasteiger partial charge in [-0.25, -0.2) is 14.8 Å². The van der Waals surface area contributed by atoms with Crippen molar-refractivity contribution < 1.29 is 4.79 Å². The summed E-state index contributed by atoms with van der Waals surface area (Å²) in [7, 11) is 0. The van der Waals surface area contributed by atoms with Gasteiger partial charge >= 0.3 is 6.03 Å². The van der Waals surface area contributed by atoms with Gasteiger partial charge in [-0.1, -0.05) is 30.3 Å². The van der Waals surface area contributed by atoms with E-state index < -0.39 is 0 Å². The number of fused-ring (bicyclic) bond motifs is 1. The van der Waals surface area contributed by atoms with Crippen LogP contribution in [0.1, 0.15) is 17.0 Å². The third kappa shape index (κ3) is 4.45. The summed E-state index contributed by atoms with van der Waals surface area (Å²) < 4.78 is 2.15. The first kappa shape index (κ1) is 21.2. The zero-order valence-electron chi connectivity index (χ0n) is 19.0. The van der Waals surface area contributed by atoms with E-state index >= 15 is 0 Å². The Bertz CT molecular complexity index is 1290. The molecule has 2 aromatic heterocycles. The van der Waals surface area contributed by atoms with Crippen LogP contribution < -0.4 is 5.32 Å². The maximum atomic E-state index is 12.7. The fourth-order valence-electron chi connectivity index (χ4n) is 4.32. The molecule has 7 nitrogen and oxygen atoms in total. The number of nitrogens with zero attached hydrogens (tertiary/aromatic N) is 5. The normalized spacial score (nSPS) is 14.5. The smallest absolute Gasteiger partial charge is 0.321 e. The molecular formula is C26H28N6O. The third-order valence-electron chi connectivity index (χ3n) is 6.16. The van der Waals surface area contributed by atoms with E-state index in [1.165, 1.54) is 5.56 Å². The predicted octanol–water partition coefficient (Wildman–Crippen LogP) is 4.39. The number of hydrogen-bond donors (Lipinski definition) is 1. The monoisotopic (exact) mass is 440 g/mol. The van der Waals surface area contributed by atoms with Crippen LogP contribution in [0.4, 0.5) is 10.5 Å². The van der Waals surface area contributed by atoms with Crippen molar-refractivity contribution in [2.24, 2.45) is 0 Å². The molecule has 2 amide bonds. The highest BCUT2D eigenvalue weighted by molar-refractivity contribution is 5.90. The minimum absolute atomic E-state index is 0.0415. The average molecular weight is 441 g/mol. The Morgan fingerprint density at radius 2 is 1.79 bits per heavy atom. The molecule has 0 atom stereocenters. The van der Waals surface area contributed by atoms with Crippen LogP contribution in [-0.4, -0.2) is 56.5 Å². The number of nitrogens with one attached hydrogen (secondary N) is 1. The highest BCUT2D eigenvalue weighted by atomic mass is 16.2. The fourth-order valence-corrected chi connectivity index (χ4v) is 4.32. The van der Waals surface area contributed by atoms with Gasteiger partial charge in [0.25, 0.3) is 0 Å². The molecule has 7 heteroatoms. The Morgan fingerprint density at radius 1 is 0.970 bits per heavy atom. The second kappa shape index (κ2) is 9.03. The lowest BCUT2D eigenvalue weighted by molar-refractivity contribution is 0.140. The first-order valence-corrected chi connectivity index (χ1v) is 11.3. The second-order valence-corrected chi connectivity index (χ2v) is 8.56. The number of carbonyl (C=O) groups excluding carboxylic acids is 1. The maximum Gasteiger partial charge on any atom is 0.321 e. The quantitative estimate of drug-likeness (QED) is 0.511. The van der Waals surface area contributed by atoms with Gasteiger partial charge in [0, 0.05) is 43.8 Å². The van der Waals surface area contributed by atoms with Crippen LogP contribution in [0.25, 0.3) is 16.9 Å². The van der Waals surface area contributed by atoms with Crippen molar-refractivity contribution in [1.82, 2.24) is 24.3 Å². The fraction of sp³-hybridized carbons (Fsp3) is 0.269. The number of piperazine rings is 1. The van der Waals surface area contributed by atoms with Crippen LogP contribution in [0.3, 0.4) is 0 Å². The Kier molecular flexibility index (Phi) is 5.79. The number of anilines is 1. The molecule has 4 aromatic rings. The van der Waals surface area contributed by atoms with E-state index in [0.29, 0.717) is 19.6 Å². The largest absolute Gasteiger partial charge is 0.322 e. The van der Waals surface area contributed by atoms with Gasteiger partial charge in [0.15, 0.2) is 5.65 Å². The summed E-state index contributed by atoms with van der Waals surface area (Å²) in [5, 5.41) is 3.04. The molecule has 1 saturated heterocycles. The summed E-state index contributed by atoms with van der Waals surface area (Å²) in [6.45, 7) is 7.76. The maximum absolute atomic E-state index is 12.7. The first-order valence-electron chi connectivity index (χ1n) is 11.3. The zero-order valence-corrected chi connectivity index (χ0v) is 19.0. The lowest BCUT2D eigenvalue weighted by Gasteiger charge is -2.34. The standard InChI is InChI=1S/C26H28N6O/c1-19-7-5-9-21(17-19)32-24(28-23-11-6-12-27-25(23)32)18-30-13-15-31(16-14-30)26(33)29-22-10-4-3-8-20(22)2/h3-12,17H,13-16,18H2,1-2H3,(H,29,33). The van der Waals surface area contributed by atoms with Crippen molar-refractivity contribution in [3.8, 4) is 5.69 Å². The van der Waals surface area contributed by atoms with Gasteiger partial charge in [0.2, 0.25) is 0 Å². The molecule has 33 heavy (non-hydrogen) atoms. The van der Waals surface area contributed by atoms with Crippen LogP contribution in [0.5, 0.6) is 0 Å². The summed E-state index contributed by atoms with van der Waals surface area (Å²) in [5.74, 6) is 0.965. The number of hydrogen-bond acceptors (Lipinski definition) is 4. The Balaban J connectivity index is 1.30. The summed E-state index contributed by atoms with van der Waals surface area (Å²) in [6.07, 6.45) is 1.81. The third-order valence-corrected chi connectivity index (χ3v) is 6.16. The van der Waals surface area contributed by atoms with E-state index in [4.69, 9.17) is 4.98 Å². The van der Waals surface area contributed by atoms with Crippen molar-refractivity contribution >= 4 is 22.9 Å². The highest BCUT2D eigenvalue weighted by Crippen LogP contribution is 2.22. The van der Waals surface area contributed by atoms with Crippen LogP contribution in [0, 0.1) is 13.8 Å². The minimum atomic E-state index is -0.0415. The van der Waals surface area contributed by atoms with Gasteiger partial charge in [0.05, 0.1) is 6.54 Å². The highest BCUT2D eigenvalue weighted by Gasteiger charge is 2.23. The van der Waals surface area contributed by atoms with Crippen LogP contribution in [0.15, 0.2) is 66.9 Å². The van der Waals surface area contributed by atoms with Gasteiger partial charge in [-0.3, -0.25) is 9.47 Å². The van der Waals surface area contributed by atoms with E-state index in [9.17, 15) is 4.79 Å². The van der Waals surface area contributed by atoms with Crippen LogP contribution in [0.2, 0.25) is 0 Å². The number of urea groups is 1. The summed E-state index contributed by atoms with van der Waals surface area (Å²) in [4.78, 5) is 26.5. The van der Waals surface area contributed by atoms with Gasteiger partial charge in [0.1, 0.15) is 11.3 Å². The molecular weight excluding hydrogens is 412 g/mol. The van der Waals surface area contributed by atoms with Gasteiger partial charge < -0.3 is 10.2 Å². The number of para-hydroxylation sites is 1. The Labute approximate surface area is 193 Å². The molecule has 1 N–H and O–H groups in total. The number of imidazole rings is 1. The van der Waals surface area contributed by atoms with Gasteiger partial charge in [-0.2, -0.15) is 0 Å². The lowest BCUT2D eigenvalue weighted by atomic mass is 10.2. The van der Waals surface area contributed by atoms with Crippen molar-refractivity contribution in [3.63, 3.8) is 0 Å². The SMILES string of the molecule is Cc1cccc(-n2c(CN3CCN(C(=O)Nc4ccccc4C)CC3)nc3cccnc32)c1. The van der Waals surface area contributed by atoms with Crippen molar-refractivity contribution in [1.29, 1.82) is 0 Å². The van der Waals surface area contributed by atoms with E-state index in [0.717, 1.165) is 47.0 Å². The van der Waals surface area contributed by atoms with E-state index in [2.05, 4.69) is 51.0 Å². The zero-order chi connectivity index (χ0) is 22.8. The molecule has 3 heterocycles. The number of rotatable bonds is 4. The van der Waals surface area contributed by atoms with Crippen LogP contribution in [-0.2, 0) is 6.54 Å². The van der Waals surface area contributed by atoms with E-state index in [1.807, 2.05) is 54.4 Å². The summed E-state index contributed by atoms with van der Waals surface area (Å²) in [5.41, 5.74) is 5.96. The molecule has 0 unspecified atom stereocenters. The summed E-state index contributed by atoms with van der Waals surface area (Å²) >= 11 is 0. The molecule has 168 valence electrons. The van der Waals surface area contributed by atoms with E-state index in [1.54, 1.807) is 0 Å². The Hall–Kier alpha value is -3.71. The van der Waals surface area contributed by atoms with Crippen molar-refractivity contribution in [2.75, 3.05) is 31.5 Å². The molecule has 5 rings (SSSR count). The lowest BCUT2D eigenvalue weighted by Crippen LogP contribution is -2.49. The number of aromatic nitrogens is 3.